The van der Waals surface area contributed by atoms with Crippen LogP contribution in [0.1, 0.15) is 30.5 Å². The van der Waals surface area contributed by atoms with Crippen LogP contribution in [0.5, 0.6) is 5.75 Å². The Hall–Kier alpha value is -4.05. The molecule has 46 heavy (non-hydrogen) atoms. The maximum atomic E-state index is 14.5. The molecule has 0 bridgehead atoms. The second-order valence-corrected chi connectivity index (χ2v) is 13.9. The van der Waals surface area contributed by atoms with E-state index in [1.807, 2.05) is 51.1 Å². The van der Waals surface area contributed by atoms with Crippen LogP contribution in [0, 0.1) is 6.92 Å². The normalized spacial score (nSPS) is 12.0. The average Bonchev–Trinajstić information content (AvgIpc) is 3.01. The van der Waals surface area contributed by atoms with Crippen LogP contribution in [-0.4, -0.2) is 50.9 Å². The standard InChI is InChI=1S/C35H37Cl2N3O5S/c1-24(2)38-35(42)32(20-26-9-6-5-7-10-26)39(22-27-11-8-12-28(36)19-27)34(41)23-40(29-15-18-33(45-4)31(37)21-29)46(43,44)30-16-13-25(3)14-17-30/h5-19,21,24,32H,20,22-23H2,1-4H3,(H,38,42)/t32-/m0/s1. The van der Waals surface area contributed by atoms with E-state index in [4.69, 9.17) is 27.9 Å². The first-order chi connectivity index (χ1) is 21.9. The fourth-order valence-corrected chi connectivity index (χ4v) is 6.81. The van der Waals surface area contributed by atoms with E-state index in [1.54, 1.807) is 36.4 Å². The molecule has 0 fully saturated rings. The lowest BCUT2D eigenvalue weighted by atomic mass is 10.0. The van der Waals surface area contributed by atoms with Crippen molar-refractivity contribution in [1.29, 1.82) is 0 Å². The third-order valence-corrected chi connectivity index (χ3v) is 9.57. The van der Waals surface area contributed by atoms with Crippen molar-refractivity contribution < 1.29 is 22.7 Å². The third-order valence-electron chi connectivity index (χ3n) is 7.26. The maximum Gasteiger partial charge on any atom is 0.264 e. The van der Waals surface area contributed by atoms with Crippen molar-refractivity contribution in [2.75, 3.05) is 18.0 Å². The topological polar surface area (TPSA) is 96.0 Å². The Bertz CT molecular complexity index is 1770. The number of sulfonamides is 1. The quantitative estimate of drug-likeness (QED) is 0.170. The van der Waals surface area contributed by atoms with Crippen molar-refractivity contribution in [2.24, 2.45) is 0 Å². The molecule has 8 nitrogen and oxygen atoms in total. The van der Waals surface area contributed by atoms with Crippen molar-refractivity contribution >= 4 is 50.7 Å². The summed E-state index contributed by atoms with van der Waals surface area (Å²) in [6.45, 7) is 4.92. The first kappa shape index (κ1) is 34.8. The van der Waals surface area contributed by atoms with E-state index < -0.39 is 28.5 Å². The van der Waals surface area contributed by atoms with Crippen molar-refractivity contribution in [3.63, 3.8) is 0 Å². The molecule has 0 saturated heterocycles. The molecule has 4 rings (SSSR count). The molecule has 0 aliphatic heterocycles. The van der Waals surface area contributed by atoms with Gasteiger partial charge in [0, 0.05) is 24.0 Å². The summed E-state index contributed by atoms with van der Waals surface area (Å²) in [5, 5.41) is 3.58. The van der Waals surface area contributed by atoms with Crippen LogP contribution >= 0.6 is 23.2 Å². The molecule has 2 amide bonds. The highest BCUT2D eigenvalue weighted by atomic mass is 35.5. The number of hydrogen-bond acceptors (Lipinski definition) is 5. The molecular formula is C35H37Cl2N3O5S. The lowest BCUT2D eigenvalue weighted by molar-refractivity contribution is -0.140. The zero-order chi connectivity index (χ0) is 33.4. The van der Waals surface area contributed by atoms with Crippen molar-refractivity contribution in [2.45, 2.75) is 50.7 Å². The van der Waals surface area contributed by atoms with Gasteiger partial charge in [-0.25, -0.2) is 8.42 Å². The highest BCUT2D eigenvalue weighted by molar-refractivity contribution is 7.92. The summed E-state index contributed by atoms with van der Waals surface area (Å²) in [4.78, 5) is 29.7. The number of ether oxygens (including phenoxy) is 1. The summed E-state index contributed by atoms with van der Waals surface area (Å²) in [6.07, 6.45) is 0.199. The van der Waals surface area contributed by atoms with Crippen molar-refractivity contribution in [1.82, 2.24) is 10.2 Å². The summed E-state index contributed by atoms with van der Waals surface area (Å²) in [6, 6.07) is 26.0. The number of benzene rings is 4. The van der Waals surface area contributed by atoms with Gasteiger partial charge >= 0.3 is 0 Å². The zero-order valence-electron chi connectivity index (χ0n) is 26.1. The van der Waals surface area contributed by atoms with Gasteiger partial charge in [0.05, 0.1) is 22.7 Å². The van der Waals surface area contributed by atoms with Crippen LogP contribution in [0.15, 0.2) is 102 Å². The summed E-state index contributed by atoms with van der Waals surface area (Å²) in [5.74, 6) is -0.614. The Morgan fingerprint density at radius 3 is 2.15 bits per heavy atom. The first-order valence-corrected chi connectivity index (χ1v) is 16.9. The fraction of sp³-hybridized carbons (Fsp3) is 0.257. The molecule has 0 aromatic heterocycles. The fourth-order valence-electron chi connectivity index (χ4n) is 4.94. The van der Waals surface area contributed by atoms with Crippen LogP contribution < -0.4 is 14.4 Å². The Kier molecular flexibility index (Phi) is 11.7. The molecular weight excluding hydrogens is 645 g/mol. The molecule has 0 spiro atoms. The van der Waals surface area contributed by atoms with Crippen molar-refractivity contribution in [3.05, 3.63) is 124 Å². The highest BCUT2D eigenvalue weighted by Crippen LogP contribution is 2.32. The van der Waals surface area contributed by atoms with Gasteiger partial charge in [-0.1, -0.05) is 83.4 Å². The van der Waals surface area contributed by atoms with Crippen LogP contribution in [-0.2, 0) is 32.6 Å². The number of methoxy groups -OCH3 is 1. The highest BCUT2D eigenvalue weighted by Gasteiger charge is 2.35. The van der Waals surface area contributed by atoms with E-state index in [0.29, 0.717) is 16.3 Å². The van der Waals surface area contributed by atoms with Gasteiger partial charge in [-0.2, -0.15) is 0 Å². The Labute approximate surface area is 280 Å². The van der Waals surface area contributed by atoms with Crippen LogP contribution in [0.4, 0.5) is 5.69 Å². The van der Waals surface area contributed by atoms with E-state index in [0.717, 1.165) is 15.4 Å². The minimum atomic E-state index is -4.27. The summed E-state index contributed by atoms with van der Waals surface area (Å²) in [5.41, 5.74) is 2.55. The number of aryl methyl sites for hydroxylation is 1. The largest absolute Gasteiger partial charge is 0.495 e. The average molecular weight is 683 g/mol. The number of anilines is 1. The third kappa shape index (κ3) is 8.81. The van der Waals surface area contributed by atoms with Crippen LogP contribution in [0.2, 0.25) is 10.0 Å². The van der Waals surface area contributed by atoms with Crippen LogP contribution in [0.3, 0.4) is 0 Å². The van der Waals surface area contributed by atoms with Gasteiger partial charge in [-0.05, 0) is 74.4 Å². The molecule has 1 atom stereocenters. The van der Waals surface area contributed by atoms with Gasteiger partial charge < -0.3 is 15.0 Å². The molecule has 0 radical (unpaired) electrons. The number of rotatable bonds is 13. The number of amides is 2. The smallest absolute Gasteiger partial charge is 0.264 e. The predicted molar refractivity (Wildman–Crippen MR) is 183 cm³/mol. The monoisotopic (exact) mass is 681 g/mol. The predicted octanol–water partition coefficient (Wildman–Crippen LogP) is 6.67. The van der Waals surface area contributed by atoms with Crippen molar-refractivity contribution in [3.8, 4) is 5.75 Å². The number of nitrogens with zero attached hydrogens (tertiary/aromatic N) is 2. The summed E-state index contributed by atoms with van der Waals surface area (Å²) in [7, 11) is -2.82. The molecule has 0 aliphatic rings. The van der Waals surface area contributed by atoms with Gasteiger partial charge in [0.15, 0.2) is 0 Å². The van der Waals surface area contributed by atoms with E-state index in [-0.39, 0.29) is 40.5 Å². The molecule has 1 N–H and O–H groups in total. The molecule has 4 aromatic carbocycles. The lowest BCUT2D eigenvalue weighted by Gasteiger charge is -2.34. The Morgan fingerprint density at radius 2 is 1.54 bits per heavy atom. The second-order valence-electron chi connectivity index (χ2n) is 11.2. The Balaban J connectivity index is 1.83. The summed E-state index contributed by atoms with van der Waals surface area (Å²) >= 11 is 12.7. The molecule has 0 unspecified atom stereocenters. The number of nitrogens with one attached hydrogen (secondary N) is 1. The minimum Gasteiger partial charge on any atom is -0.495 e. The molecule has 242 valence electrons. The van der Waals surface area contributed by atoms with E-state index >= 15 is 0 Å². The van der Waals surface area contributed by atoms with E-state index in [1.165, 1.54) is 42.3 Å². The molecule has 0 saturated carbocycles. The molecule has 11 heteroatoms. The summed E-state index contributed by atoms with van der Waals surface area (Å²) < 4.78 is 34.7. The van der Waals surface area contributed by atoms with E-state index in [9.17, 15) is 18.0 Å². The number of hydrogen-bond donors (Lipinski definition) is 1. The maximum absolute atomic E-state index is 14.5. The number of carbonyl (C=O) groups excluding carboxylic acids is 2. The van der Waals surface area contributed by atoms with E-state index in [2.05, 4.69) is 5.32 Å². The van der Waals surface area contributed by atoms with Gasteiger partial charge in [-0.3, -0.25) is 13.9 Å². The van der Waals surface area contributed by atoms with Crippen LogP contribution in [0.25, 0.3) is 0 Å². The number of halogens is 2. The SMILES string of the molecule is COc1ccc(N(CC(=O)N(Cc2cccc(Cl)c2)[C@@H](Cc2ccccc2)C(=O)NC(C)C)S(=O)(=O)c2ccc(C)cc2)cc1Cl. The minimum absolute atomic E-state index is 0.00221. The second kappa shape index (κ2) is 15.5. The molecule has 4 aromatic rings. The number of carbonyl (C=O) groups is 2. The van der Waals surface area contributed by atoms with Gasteiger partial charge in [0.25, 0.3) is 10.0 Å². The Morgan fingerprint density at radius 1 is 0.870 bits per heavy atom. The zero-order valence-corrected chi connectivity index (χ0v) is 28.4. The lowest BCUT2D eigenvalue weighted by Crippen LogP contribution is -2.54. The van der Waals surface area contributed by atoms with Gasteiger partial charge in [0.2, 0.25) is 11.8 Å². The van der Waals surface area contributed by atoms with Gasteiger partial charge in [0.1, 0.15) is 18.3 Å². The molecule has 0 aliphatic carbocycles. The van der Waals surface area contributed by atoms with Gasteiger partial charge in [-0.15, -0.1) is 0 Å². The molecule has 0 heterocycles. The first-order valence-electron chi connectivity index (χ1n) is 14.7.